The van der Waals surface area contributed by atoms with Gasteiger partial charge in [0.05, 0.1) is 0 Å². The van der Waals surface area contributed by atoms with Gasteiger partial charge >= 0.3 is 0 Å². The fourth-order valence-corrected chi connectivity index (χ4v) is 1.35. The second-order valence-corrected chi connectivity index (χ2v) is 3.25. The highest BCUT2D eigenvalue weighted by atomic mass is 14.7. The molecule has 0 aromatic rings. The zero-order valence-corrected chi connectivity index (χ0v) is 7.78. The quantitative estimate of drug-likeness (QED) is 0.643. The van der Waals surface area contributed by atoms with Crippen LogP contribution in [0.2, 0.25) is 0 Å². The van der Waals surface area contributed by atoms with Gasteiger partial charge in [0, 0.05) is 5.54 Å². The van der Waals surface area contributed by atoms with Gasteiger partial charge in [-0.2, -0.15) is 0 Å². The van der Waals surface area contributed by atoms with Crippen LogP contribution in [0.25, 0.3) is 0 Å². The third-order valence-electron chi connectivity index (χ3n) is 2.91. The predicted molar refractivity (Wildman–Crippen MR) is 47.0 cm³/mol. The molecule has 0 aromatic heterocycles. The molecule has 0 aromatic carbocycles. The largest absolute Gasteiger partial charge is 0.325 e. The molecule has 1 nitrogen and oxygen atoms in total. The van der Waals surface area contributed by atoms with Gasteiger partial charge in [-0.25, -0.2) is 0 Å². The van der Waals surface area contributed by atoms with Crippen LogP contribution in [0.5, 0.6) is 0 Å². The summed E-state index contributed by atoms with van der Waals surface area (Å²) >= 11 is 0. The lowest BCUT2D eigenvalue weighted by molar-refractivity contribution is 0.263. The van der Waals surface area contributed by atoms with Crippen LogP contribution in [-0.2, 0) is 0 Å². The lowest BCUT2D eigenvalue weighted by Gasteiger charge is -2.33. The second-order valence-electron chi connectivity index (χ2n) is 3.25. The molecule has 0 aliphatic heterocycles. The third kappa shape index (κ3) is 1.98. The number of nitrogens with two attached hydrogens (primary N) is 1. The number of hydrogen-bond acceptors (Lipinski definition) is 1. The fraction of sp³-hybridized carbons (Fsp3) is 1.00. The van der Waals surface area contributed by atoms with Crippen LogP contribution in [0.3, 0.4) is 0 Å². The molecule has 0 aliphatic rings. The van der Waals surface area contributed by atoms with Crippen molar-refractivity contribution in [3.8, 4) is 0 Å². The van der Waals surface area contributed by atoms with E-state index >= 15 is 0 Å². The molecule has 0 aliphatic carbocycles. The highest BCUT2D eigenvalue weighted by Crippen LogP contribution is 2.24. The first-order chi connectivity index (χ1) is 4.60. The van der Waals surface area contributed by atoms with Crippen LogP contribution in [-0.4, -0.2) is 5.54 Å². The van der Waals surface area contributed by atoms with E-state index in [2.05, 4.69) is 27.7 Å². The van der Waals surface area contributed by atoms with Crippen molar-refractivity contribution in [1.29, 1.82) is 0 Å². The van der Waals surface area contributed by atoms with E-state index in [0.717, 1.165) is 12.8 Å². The molecule has 62 valence electrons. The molecule has 0 saturated heterocycles. The molecule has 1 atom stereocenters. The maximum atomic E-state index is 6.15. The molecule has 0 rings (SSSR count). The third-order valence-corrected chi connectivity index (χ3v) is 2.91. The molecule has 0 fully saturated rings. The Hall–Kier alpha value is -0.0400. The van der Waals surface area contributed by atoms with E-state index in [1.165, 1.54) is 6.42 Å². The van der Waals surface area contributed by atoms with Crippen molar-refractivity contribution in [2.24, 2.45) is 11.7 Å². The number of hydrogen-bond donors (Lipinski definition) is 1. The Bertz CT molecular complexity index is 84.7. The van der Waals surface area contributed by atoms with Crippen molar-refractivity contribution < 1.29 is 0 Å². The molecule has 1 unspecified atom stereocenters. The van der Waals surface area contributed by atoms with Gasteiger partial charge in [0.25, 0.3) is 0 Å². The summed E-state index contributed by atoms with van der Waals surface area (Å²) in [7, 11) is 0. The summed E-state index contributed by atoms with van der Waals surface area (Å²) < 4.78 is 0. The summed E-state index contributed by atoms with van der Waals surface area (Å²) in [5.41, 5.74) is 6.24. The van der Waals surface area contributed by atoms with Gasteiger partial charge < -0.3 is 5.73 Å². The first kappa shape index (κ1) is 9.96. The minimum atomic E-state index is 0.0920. The van der Waals surface area contributed by atoms with E-state index in [9.17, 15) is 0 Å². The maximum absolute atomic E-state index is 6.15. The monoisotopic (exact) mass is 143 g/mol. The first-order valence-electron chi connectivity index (χ1n) is 4.39. The molecule has 0 bridgehead atoms. The van der Waals surface area contributed by atoms with Crippen molar-refractivity contribution in [1.82, 2.24) is 0 Å². The van der Waals surface area contributed by atoms with E-state index in [4.69, 9.17) is 5.73 Å². The van der Waals surface area contributed by atoms with Crippen molar-refractivity contribution >= 4 is 0 Å². The average Bonchev–Trinajstić information content (AvgIpc) is 2.01. The van der Waals surface area contributed by atoms with E-state index in [0.29, 0.717) is 5.92 Å². The van der Waals surface area contributed by atoms with Gasteiger partial charge in [0.15, 0.2) is 0 Å². The fourth-order valence-electron chi connectivity index (χ4n) is 1.35. The van der Waals surface area contributed by atoms with Crippen LogP contribution in [0.4, 0.5) is 0 Å². The Morgan fingerprint density at radius 2 is 1.60 bits per heavy atom. The minimum absolute atomic E-state index is 0.0920. The molecule has 2 N–H and O–H groups in total. The van der Waals surface area contributed by atoms with E-state index < -0.39 is 0 Å². The summed E-state index contributed by atoms with van der Waals surface area (Å²) in [6.07, 6.45) is 3.38. The first-order valence-corrected chi connectivity index (χ1v) is 4.39. The summed E-state index contributed by atoms with van der Waals surface area (Å²) in [5.74, 6) is 0.655. The molecule has 1 heteroatoms. The van der Waals surface area contributed by atoms with Gasteiger partial charge in [0.1, 0.15) is 0 Å². The highest BCUT2D eigenvalue weighted by Gasteiger charge is 2.25. The SMILES string of the molecule is CCC(C)C(N)(CC)CC. The molecule has 0 spiro atoms. The smallest absolute Gasteiger partial charge is 0.0174 e. The zero-order valence-electron chi connectivity index (χ0n) is 7.78. The molecule has 0 saturated carbocycles. The molecule has 0 heterocycles. The van der Waals surface area contributed by atoms with Crippen LogP contribution < -0.4 is 5.73 Å². The summed E-state index contributed by atoms with van der Waals surface area (Å²) in [5, 5.41) is 0. The Morgan fingerprint density at radius 3 is 1.70 bits per heavy atom. The summed E-state index contributed by atoms with van der Waals surface area (Å²) in [6, 6.07) is 0. The number of rotatable bonds is 4. The van der Waals surface area contributed by atoms with Crippen molar-refractivity contribution in [3.05, 3.63) is 0 Å². The Kier molecular flexibility index (Phi) is 3.95. The Morgan fingerprint density at radius 1 is 1.20 bits per heavy atom. The van der Waals surface area contributed by atoms with Crippen molar-refractivity contribution in [2.75, 3.05) is 0 Å². The van der Waals surface area contributed by atoms with Gasteiger partial charge in [-0.05, 0) is 18.8 Å². The van der Waals surface area contributed by atoms with Crippen molar-refractivity contribution in [3.63, 3.8) is 0 Å². The van der Waals surface area contributed by atoms with Crippen LogP contribution in [0.1, 0.15) is 47.0 Å². The minimum Gasteiger partial charge on any atom is -0.325 e. The lowest BCUT2D eigenvalue weighted by Crippen LogP contribution is -2.44. The van der Waals surface area contributed by atoms with E-state index in [1.54, 1.807) is 0 Å². The van der Waals surface area contributed by atoms with Gasteiger partial charge in [-0.3, -0.25) is 0 Å². The highest BCUT2D eigenvalue weighted by molar-refractivity contribution is 4.85. The van der Waals surface area contributed by atoms with Crippen LogP contribution in [0, 0.1) is 5.92 Å². The molecule has 0 radical (unpaired) electrons. The standard InChI is InChI=1S/C9H21N/c1-5-8(4)9(10,6-2)7-3/h8H,5-7,10H2,1-4H3. The van der Waals surface area contributed by atoms with Gasteiger partial charge in [-0.15, -0.1) is 0 Å². The molecule has 10 heavy (non-hydrogen) atoms. The molecule has 0 amide bonds. The average molecular weight is 143 g/mol. The maximum Gasteiger partial charge on any atom is 0.0174 e. The Labute approximate surface area is 65.0 Å². The lowest BCUT2D eigenvalue weighted by atomic mass is 9.80. The second kappa shape index (κ2) is 3.97. The summed E-state index contributed by atoms with van der Waals surface area (Å²) in [6.45, 7) is 8.80. The van der Waals surface area contributed by atoms with E-state index in [-0.39, 0.29) is 5.54 Å². The Balaban J connectivity index is 4.02. The van der Waals surface area contributed by atoms with Gasteiger partial charge in [0.2, 0.25) is 0 Å². The van der Waals surface area contributed by atoms with Gasteiger partial charge in [-0.1, -0.05) is 34.1 Å². The van der Waals surface area contributed by atoms with Crippen LogP contribution in [0.15, 0.2) is 0 Å². The molecular weight excluding hydrogens is 122 g/mol. The van der Waals surface area contributed by atoms with Crippen LogP contribution >= 0.6 is 0 Å². The zero-order chi connectivity index (χ0) is 8.20. The predicted octanol–water partition coefficient (Wildman–Crippen LogP) is 2.55. The topological polar surface area (TPSA) is 26.0 Å². The molecular formula is C9H21N. The van der Waals surface area contributed by atoms with Crippen molar-refractivity contribution in [2.45, 2.75) is 52.5 Å². The van der Waals surface area contributed by atoms with E-state index in [1.807, 2.05) is 0 Å². The summed E-state index contributed by atoms with van der Waals surface area (Å²) in [4.78, 5) is 0. The normalized spacial score (nSPS) is 15.3.